The first-order valence-electron chi connectivity index (χ1n) is 20.3. The number of nitrogens with one attached hydrogen (secondary N) is 2. The van der Waals surface area contributed by atoms with Gasteiger partial charge in [0.1, 0.15) is 6.54 Å². The predicted octanol–water partition coefficient (Wildman–Crippen LogP) is 8.80. The first kappa shape index (κ1) is 37.8. The second-order valence-corrected chi connectivity index (χ2v) is 19.3. The zero-order chi connectivity index (χ0) is 38.1. The van der Waals surface area contributed by atoms with Crippen LogP contribution in [0.4, 0.5) is 0 Å². The normalized spacial score (nSPS) is 38.3. The Morgan fingerprint density at radius 1 is 0.792 bits per heavy atom. The molecule has 2 aromatic rings. The Morgan fingerprint density at radius 2 is 1.51 bits per heavy atom. The largest absolute Gasteiger partial charge is 0.480 e. The lowest BCUT2D eigenvalue weighted by Crippen LogP contribution is -2.67. The minimum atomic E-state index is -1.09. The molecule has 0 spiro atoms. The van der Waals surface area contributed by atoms with Gasteiger partial charge in [0.2, 0.25) is 5.91 Å². The van der Waals surface area contributed by atoms with Gasteiger partial charge in [0.15, 0.2) is 0 Å². The number of hydrogen-bond acceptors (Lipinski definition) is 4. The van der Waals surface area contributed by atoms with Crippen LogP contribution in [0.3, 0.4) is 0 Å². The molecule has 2 amide bonds. The number of hydrogen-bond donors (Lipinski definition) is 4. The second kappa shape index (κ2) is 13.4. The van der Waals surface area contributed by atoms with E-state index >= 15 is 0 Å². The lowest BCUT2D eigenvalue weighted by molar-refractivity contribution is -0.246. The highest BCUT2D eigenvalue weighted by Crippen LogP contribution is 2.77. The summed E-state index contributed by atoms with van der Waals surface area (Å²) in [6.45, 7) is 19.2. The molecule has 5 saturated carbocycles. The smallest absolute Gasteiger partial charge is 0.322 e. The molecular formula is C46H62N2O5. The van der Waals surface area contributed by atoms with E-state index in [1.54, 1.807) is 18.2 Å². The highest BCUT2D eigenvalue weighted by Gasteiger charge is 2.71. The van der Waals surface area contributed by atoms with Crippen LogP contribution in [0.5, 0.6) is 0 Å². The molecule has 0 radical (unpaired) electrons. The lowest BCUT2D eigenvalue weighted by Gasteiger charge is -2.72. The Bertz CT molecular complexity index is 1800. The van der Waals surface area contributed by atoms with Gasteiger partial charge in [0.05, 0.1) is 11.5 Å². The number of rotatable bonds is 8. The molecule has 4 unspecified atom stereocenters. The molecule has 7 nitrogen and oxygen atoms in total. The molecular weight excluding hydrogens is 661 g/mol. The van der Waals surface area contributed by atoms with Crippen LogP contribution >= 0.6 is 0 Å². The van der Waals surface area contributed by atoms with Crippen molar-refractivity contribution in [2.24, 2.45) is 56.7 Å². The lowest BCUT2D eigenvalue weighted by atomic mass is 9.32. The minimum absolute atomic E-state index is 0.0637. The van der Waals surface area contributed by atoms with E-state index in [1.165, 1.54) is 31.3 Å². The third-order valence-corrected chi connectivity index (χ3v) is 16.7. The van der Waals surface area contributed by atoms with E-state index in [1.807, 2.05) is 24.3 Å². The number of carbonyl (C=O) groups is 3. The minimum Gasteiger partial charge on any atom is -0.480 e. The van der Waals surface area contributed by atoms with Crippen LogP contribution in [-0.2, 0) is 16.1 Å². The van der Waals surface area contributed by atoms with E-state index in [0.717, 1.165) is 55.2 Å². The molecule has 0 aromatic heterocycles. The fraction of sp³-hybridized carbons (Fsp3) is 0.630. The number of benzene rings is 2. The number of fused-ring (bicyclic) bond motifs is 7. The fourth-order valence-electron chi connectivity index (χ4n) is 13.8. The van der Waals surface area contributed by atoms with Crippen molar-refractivity contribution >= 4 is 17.8 Å². The predicted molar refractivity (Wildman–Crippen MR) is 209 cm³/mol. The van der Waals surface area contributed by atoms with Gasteiger partial charge >= 0.3 is 5.97 Å². The van der Waals surface area contributed by atoms with E-state index in [0.29, 0.717) is 35.8 Å². The summed E-state index contributed by atoms with van der Waals surface area (Å²) in [5.41, 5.74) is 4.51. The molecule has 53 heavy (non-hydrogen) atoms. The summed E-state index contributed by atoms with van der Waals surface area (Å²) in [5, 5.41) is 26.0. The van der Waals surface area contributed by atoms with Crippen LogP contribution in [0.15, 0.2) is 60.7 Å². The van der Waals surface area contributed by atoms with Gasteiger partial charge in [0.25, 0.3) is 5.91 Å². The molecule has 286 valence electrons. The Kier molecular flexibility index (Phi) is 9.56. The van der Waals surface area contributed by atoms with Gasteiger partial charge in [-0.1, -0.05) is 77.1 Å². The Balaban J connectivity index is 1.12. The molecule has 5 aliphatic rings. The Labute approximate surface area is 316 Å². The van der Waals surface area contributed by atoms with Gasteiger partial charge in [-0.25, -0.2) is 0 Å². The van der Waals surface area contributed by atoms with Gasteiger partial charge in [0, 0.05) is 12.1 Å². The first-order valence-corrected chi connectivity index (χ1v) is 20.3. The van der Waals surface area contributed by atoms with Crippen LogP contribution < -0.4 is 10.6 Å². The monoisotopic (exact) mass is 722 g/mol. The van der Waals surface area contributed by atoms with E-state index in [-0.39, 0.29) is 39.6 Å². The average molecular weight is 723 g/mol. The van der Waals surface area contributed by atoms with Crippen molar-refractivity contribution in [3.05, 3.63) is 71.8 Å². The van der Waals surface area contributed by atoms with Crippen molar-refractivity contribution in [1.29, 1.82) is 0 Å². The molecule has 0 heterocycles. The first-order chi connectivity index (χ1) is 25.0. The maximum atomic E-state index is 14.8. The summed E-state index contributed by atoms with van der Waals surface area (Å²) >= 11 is 0. The van der Waals surface area contributed by atoms with Crippen LogP contribution in [0, 0.1) is 56.7 Å². The highest BCUT2D eigenvalue weighted by atomic mass is 16.4. The highest BCUT2D eigenvalue weighted by molar-refractivity contribution is 5.96. The zero-order valence-electron chi connectivity index (χ0n) is 32.9. The Hall–Kier alpha value is -3.45. The van der Waals surface area contributed by atoms with Gasteiger partial charge in [-0.05, 0) is 157 Å². The summed E-state index contributed by atoms with van der Waals surface area (Å²) in [5.74, 6) is 0.944. The summed E-state index contributed by atoms with van der Waals surface area (Å²) in [6, 6.07) is 15.3. The Morgan fingerprint density at radius 3 is 2.23 bits per heavy atom. The summed E-state index contributed by atoms with van der Waals surface area (Å²) in [6.07, 6.45) is 10.5. The molecule has 0 bridgehead atoms. The molecule has 0 saturated heterocycles. The van der Waals surface area contributed by atoms with Gasteiger partial charge < -0.3 is 20.8 Å². The van der Waals surface area contributed by atoms with E-state index in [4.69, 9.17) is 5.11 Å². The molecule has 5 fully saturated rings. The van der Waals surface area contributed by atoms with Gasteiger partial charge in [-0.15, -0.1) is 0 Å². The third-order valence-electron chi connectivity index (χ3n) is 16.7. The number of aliphatic hydroxyl groups is 1. The quantitative estimate of drug-likeness (QED) is 0.203. The number of amides is 2. The van der Waals surface area contributed by atoms with Gasteiger partial charge in [-0.2, -0.15) is 0 Å². The molecule has 2 aromatic carbocycles. The second-order valence-electron chi connectivity index (χ2n) is 19.3. The maximum Gasteiger partial charge on any atom is 0.322 e. The van der Waals surface area contributed by atoms with Gasteiger partial charge in [-0.3, -0.25) is 14.4 Å². The zero-order valence-corrected chi connectivity index (χ0v) is 32.9. The van der Waals surface area contributed by atoms with Crippen molar-refractivity contribution < 1.29 is 24.6 Å². The van der Waals surface area contributed by atoms with Crippen LogP contribution in [0.1, 0.15) is 122 Å². The molecule has 4 N–H and O–H groups in total. The molecule has 7 rings (SSSR count). The maximum absolute atomic E-state index is 14.8. The summed E-state index contributed by atoms with van der Waals surface area (Å²) in [7, 11) is 0. The molecule has 5 aliphatic carbocycles. The van der Waals surface area contributed by atoms with Crippen molar-refractivity contribution in [2.75, 3.05) is 6.54 Å². The number of allylic oxidation sites excluding steroid dienone is 1. The van der Waals surface area contributed by atoms with Crippen molar-refractivity contribution in [3.63, 3.8) is 0 Å². The number of carbonyl (C=O) groups excluding carboxylic acids is 2. The number of aliphatic carboxylic acids is 1. The fourth-order valence-corrected chi connectivity index (χ4v) is 13.8. The standard InChI is InChI=1S/C46H62N2O5/c1-28(2)33-16-21-46(41(53)48-26-29-10-8-11-30(24-29)31-12-9-13-32(25-31)40(52)47-27-38(50)51)23-22-44(6)34(39(33)46)14-15-36-43(5)19-18-37(49)42(3,4)35(43)17-20-45(36,44)7/h8-13,24-25,33-37,39,49H,1,14-23,26-27H2,2-7H3,(H,47,52)(H,48,53)(H,50,51)/t33-,34?,35?,36?,37-,39?,43-,44+,45+,46-/m0/s1. The number of aliphatic hydroxyl groups excluding tert-OH is 1. The third kappa shape index (κ3) is 5.90. The number of carboxylic acids is 1. The van der Waals surface area contributed by atoms with E-state index in [2.05, 4.69) is 64.8 Å². The molecule has 0 aliphatic heterocycles. The van der Waals surface area contributed by atoms with E-state index in [9.17, 15) is 19.5 Å². The van der Waals surface area contributed by atoms with E-state index < -0.39 is 23.8 Å². The SMILES string of the molecule is C=C(C)[C@@H]1CC[C@]2(C(=O)NCc3cccc(-c4cccc(C(=O)NCC(=O)O)c4)c3)CC[C@]3(C)C(CCC4[C@@]5(C)CC[C@H](O)C(C)(C)C5CC[C@]43C)C12. The topological polar surface area (TPSA) is 116 Å². The van der Waals surface area contributed by atoms with Crippen molar-refractivity contribution in [1.82, 2.24) is 10.6 Å². The summed E-state index contributed by atoms with van der Waals surface area (Å²) in [4.78, 5) is 38.2. The summed E-state index contributed by atoms with van der Waals surface area (Å²) < 4.78 is 0. The van der Waals surface area contributed by atoms with Crippen molar-refractivity contribution in [2.45, 2.75) is 118 Å². The molecule has 10 atom stereocenters. The van der Waals surface area contributed by atoms with Crippen LogP contribution in [0.25, 0.3) is 11.1 Å². The van der Waals surface area contributed by atoms with Crippen LogP contribution in [-0.4, -0.2) is 40.6 Å². The van der Waals surface area contributed by atoms with Crippen LogP contribution in [0.2, 0.25) is 0 Å². The van der Waals surface area contributed by atoms with Crippen molar-refractivity contribution in [3.8, 4) is 11.1 Å². The average Bonchev–Trinajstić information content (AvgIpc) is 3.53. The number of carboxylic acid groups (broad SMARTS) is 1. The molecule has 7 heteroatoms.